The summed E-state index contributed by atoms with van der Waals surface area (Å²) in [5.41, 5.74) is 1.04. The Morgan fingerprint density at radius 1 is 1.17 bits per heavy atom. The van der Waals surface area contributed by atoms with Crippen LogP contribution in [0.3, 0.4) is 0 Å². The van der Waals surface area contributed by atoms with Crippen LogP contribution in [0.15, 0.2) is 52.9 Å². The molecule has 1 amide bonds. The van der Waals surface area contributed by atoms with Crippen LogP contribution in [0, 0.1) is 18.6 Å². The number of nitrogens with one attached hydrogen (secondary N) is 1. The topological polar surface area (TPSA) is 55.1 Å². The number of aromatic nitrogens is 1. The number of benzene rings is 2. The molecule has 4 nitrogen and oxygen atoms in total. The van der Waals surface area contributed by atoms with Gasteiger partial charge in [0.25, 0.3) is 0 Å². The fraction of sp³-hybridized carbons (Fsp3) is 0.111. The largest absolute Gasteiger partial charge is 0.441 e. The van der Waals surface area contributed by atoms with E-state index < -0.39 is 17.5 Å². The fourth-order valence-electron chi connectivity index (χ4n) is 2.24. The second-order valence-electron chi connectivity index (χ2n) is 5.24. The molecule has 1 heterocycles. The Hall–Kier alpha value is -3.02. The molecule has 3 rings (SSSR count). The first kappa shape index (κ1) is 15.9. The van der Waals surface area contributed by atoms with E-state index in [1.165, 1.54) is 0 Å². The van der Waals surface area contributed by atoms with E-state index in [0.29, 0.717) is 17.3 Å². The molecule has 0 aliphatic heterocycles. The predicted molar refractivity (Wildman–Crippen MR) is 85.4 cm³/mol. The fourth-order valence-corrected chi connectivity index (χ4v) is 2.24. The molecule has 0 aliphatic carbocycles. The molecule has 3 aromatic rings. The Kier molecular flexibility index (Phi) is 4.37. The molecule has 1 N–H and O–H groups in total. The third kappa shape index (κ3) is 3.48. The number of oxazole rings is 1. The van der Waals surface area contributed by atoms with Crippen molar-refractivity contribution in [2.24, 2.45) is 0 Å². The summed E-state index contributed by atoms with van der Waals surface area (Å²) in [6.07, 6.45) is -0.0991. The SMILES string of the molecule is Cc1oc(-c2ccccc2)nc1CC(=O)Nc1cc(F)ccc1F. The summed E-state index contributed by atoms with van der Waals surface area (Å²) in [7, 11) is 0. The van der Waals surface area contributed by atoms with Crippen LogP contribution in [0.1, 0.15) is 11.5 Å². The maximum absolute atomic E-state index is 13.6. The highest BCUT2D eigenvalue weighted by Crippen LogP contribution is 2.22. The molecule has 2 aromatic carbocycles. The van der Waals surface area contributed by atoms with Gasteiger partial charge in [-0.15, -0.1) is 0 Å². The molecule has 6 heteroatoms. The van der Waals surface area contributed by atoms with Crippen molar-refractivity contribution in [3.05, 3.63) is 71.6 Å². The number of rotatable bonds is 4. The maximum atomic E-state index is 13.6. The Bertz CT molecular complexity index is 876. The lowest BCUT2D eigenvalue weighted by molar-refractivity contribution is -0.115. The summed E-state index contributed by atoms with van der Waals surface area (Å²) in [5.74, 6) is -0.922. The molecule has 0 radical (unpaired) electrons. The molecule has 0 spiro atoms. The van der Waals surface area contributed by atoms with Crippen molar-refractivity contribution in [1.82, 2.24) is 4.98 Å². The predicted octanol–water partition coefficient (Wildman–Crippen LogP) is 4.11. The molecule has 0 saturated heterocycles. The number of anilines is 1. The summed E-state index contributed by atoms with van der Waals surface area (Å²) >= 11 is 0. The zero-order valence-electron chi connectivity index (χ0n) is 12.8. The van der Waals surface area contributed by atoms with Crippen LogP contribution >= 0.6 is 0 Å². The molecule has 0 aliphatic rings. The van der Waals surface area contributed by atoms with Gasteiger partial charge in [-0.05, 0) is 31.2 Å². The zero-order valence-corrected chi connectivity index (χ0v) is 12.8. The van der Waals surface area contributed by atoms with Crippen LogP contribution in [0.5, 0.6) is 0 Å². The Morgan fingerprint density at radius 3 is 2.67 bits per heavy atom. The van der Waals surface area contributed by atoms with E-state index in [-0.39, 0.29) is 12.1 Å². The first-order valence-electron chi connectivity index (χ1n) is 7.29. The highest BCUT2D eigenvalue weighted by molar-refractivity contribution is 5.92. The van der Waals surface area contributed by atoms with Gasteiger partial charge in [0.2, 0.25) is 11.8 Å². The van der Waals surface area contributed by atoms with Crippen LogP contribution in [-0.2, 0) is 11.2 Å². The average Bonchev–Trinajstić information content (AvgIpc) is 2.92. The Balaban J connectivity index is 1.75. The second-order valence-corrected chi connectivity index (χ2v) is 5.24. The first-order chi connectivity index (χ1) is 11.5. The number of aryl methyl sites for hydroxylation is 1. The molecule has 0 saturated carbocycles. The molecule has 0 unspecified atom stereocenters. The van der Waals surface area contributed by atoms with Gasteiger partial charge in [0.15, 0.2) is 0 Å². The Morgan fingerprint density at radius 2 is 1.92 bits per heavy atom. The van der Waals surface area contributed by atoms with E-state index in [2.05, 4.69) is 10.3 Å². The van der Waals surface area contributed by atoms with E-state index in [0.717, 1.165) is 23.8 Å². The highest BCUT2D eigenvalue weighted by Gasteiger charge is 2.16. The van der Waals surface area contributed by atoms with Crippen molar-refractivity contribution >= 4 is 11.6 Å². The minimum atomic E-state index is -0.702. The van der Waals surface area contributed by atoms with Crippen LogP contribution in [-0.4, -0.2) is 10.9 Å². The van der Waals surface area contributed by atoms with Gasteiger partial charge in [0.05, 0.1) is 17.8 Å². The van der Waals surface area contributed by atoms with E-state index in [1.54, 1.807) is 6.92 Å². The van der Waals surface area contributed by atoms with Crippen molar-refractivity contribution < 1.29 is 18.0 Å². The van der Waals surface area contributed by atoms with Crippen molar-refractivity contribution in [2.75, 3.05) is 5.32 Å². The van der Waals surface area contributed by atoms with Gasteiger partial charge in [-0.1, -0.05) is 18.2 Å². The zero-order chi connectivity index (χ0) is 17.1. The van der Waals surface area contributed by atoms with E-state index in [4.69, 9.17) is 4.42 Å². The van der Waals surface area contributed by atoms with Crippen LogP contribution < -0.4 is 5.32 Å². The lowest BCUT2D eigenvalue weighted by Gasteiger charge is -2.05. The molecule has 0 atom stereocenters. The smallest absolute Gasteiger partial charge is 0.230 e. The molecule has 1 aromatic heterocycles. The molecular weight excluding hydrogens is 314 g/mol. The van der Waals surface area contributed by atoms with Crippen molar-refractivity contribution in [2.45, 2.75) is 13.3 Å². The minimum absolute atomic E-state index is 0.0991. The van der Waals surface area contributed by atoms with Crippen LogP contribution in [0.25, 0.3) is 11.5 Å². The van der Waals surface area contributed by atoms with Crippen LogP contribution in [0.4, 0.5) is 14.5 Å². The molecular formula is C18H14F2N2O2. The van der Waals surface area contributed by atoms with Gasteiger partial charge in [-0.25, -0.2) is 13.8 Å². The average molecular weight is 328 g/mol. The monoisotopic (exact) mass is 328 g/mol. The number of carbonyl (C=O) groups is 1. The number of nitrogens with zero attached hydrogens (tertiary/aromatic N) is 1. The van der Waals surface area contributed by atoms with Crippen molar-refractivity contribution in [3.63, 3.8) is 0 Å². The standard InChI is InChI=1S/C18H14F2N2O2/c1-11-15(22-18(24-11)12-5-3-2-4-6-12)10-17(23)21-16-9-13(19)7-8-14(16)20/h2-9H,10H2,1H3,(H,21,23). The van der Waals surface area contributed by atoms with E-state index in [9.17, 15) is 13.6 Å². The van der Waals surface area contributed by atoms with E-state index in [1.807, 2.05) is 30.3 Å². The molecule has 122 valence electrons. The van der Waals surface area contributed by atoms with Crippen molar-refractivity contribution in [1.29, 1.82) is 0 Å². The summed E-state index contributed by atoms with van der Waals surface area (Å²) in [6.45, 7) is 1.70. The third-order valence-corrected chi connectivity index (χ3v) is 3.44. The van der Waals surface area contributed by atoms with Gasteiger partial charge in [0, 0.05) is 11.6 Å². The maximum Gasteiger partial charge on any atom is 0.230 e. The third-order valence-electron chi connectivity index (χ3n) is 3.44. The number of hydrogen-bond acceptors (Lipinski definition) is 3. The minimum Gasteiger partial charge on any atom is -0.441 e. The number of hydrogen-bond donors (Lipinski definition) is 1. The second kappa shape index (κ2) is 6.62. The number of amides is 1. The van der Waals surface area contributed by atoms with E-state index >= 15 is 0 Å². The highest BCUT2D eigenvalue weighted by atomic mass is 19.1. The number of carbonyl (C=O) groups excluding carboxylic acids is 1. The molecule has 24 heavy (non-hydrogen) atoms. The van der Waals surface area contributed by atoms with Gasteiger partial charge in [0.1, 0.15) is 17.4 Å². The lowest BCUT2D eigenvalue weighted by atomic mass is 10.2. The van der Waals surface area contributed by atoms with Gasteiger partial charge >= 0.3 is 0 Å². The molecule has 0 bridgehead atoms. The summed E-state index contributed by atoms with van der Waals surface area (Å²) < 4.78 is 32.3. The Labute approximate surface area is 137 Å². The van der Waals surface area contributed by atoms with Crippen LogP contribution in [0.2, 0.25) is 0 Å². The van der Waals surface area contributed by atoms with Gasteiger partial charge in [-0.2, -0.15) is 0 Å². The summed E-state index contributed by atoms with van der Waals surface area (Å²) in [6, 6.07) is 12.1. The molecule has 0 fully saturated rings. The quantitative estimate of drug-likeness (QED) is 0.784. The first-order valence-corrected chi connectivity index (χ1v) is 7.29. The normalized spacial score (nSPS) is 10.6. The van der Waals surface area contributed by atoms with Crippen molar-refractivity contribution in [3.8, 4) is 11.5 Å². The van der Waals surface area contributed by atoms with Gasteiger partial charge in [-0.3, -0.25) is 4.79 Å². The lowest BCUT2D eigenvalue weighted by Crippen LogP contribution is -2.16. The summed E-state index contributed by atoms with van der Waals surface area (Å²) in [5, 5.41) is 2.34. The summed E-state index contributed by atoms with van der Waals surface area (Å²) in [4.78, 5) is 16.4. The number of halogens is 2. The van der Waals surface area contributed by atoms with Gasteiger partial charge < -0.3 is 9.73 Å².